The summed E-state index contributed by atoms with van der Waals surface area (Å²) in [6, 6.07) is 20.9. The molecule has 0 aliphatic carbocycles. The van der Waals surface area contributed by atoms with Gasteiger partial charge >= 0.3 is 0 Å². The second kappa shape index (κ2) is 11.4. The molecule has 2 aromatic carbocycles. The standard InChI is InChI=1S/C27H24N6O3S2/c1-17-4-6-20(7-5-17)24-13-8-21(16-28)26(32-24)37-19(3)25(34)31-22-9-11-23(12-10-22)38(35,36)33-27-29-15-14-18(2)30-27/h4-15,19H,1-3H3,(H,31,34)(H,29,30,33). The number of aromatic nitrogens is 3. The average molecular weight is 545 g/mol. The lowest BCUT2D eigenvalue weighted by atomic mass is 10.1. The molecule has 0 spiro atoms. The van der Waals surface area contributed by atoms with Crippen LogP contribution >= 0.6 is 11.8 Å². The number of hydrogen-bond donors (Lipinski definition) is 2. The topological polar surface area (TPSA) is 138 Å². The Morgan fingerprint density at radius 3 is 2.34 bits per heavy atom. The Hall–Kier alpha value is -4.27. The number of sulfonamides is 1. The lowest BCUT2D eigenvalue weighted by Crippen LogP contribution is -2.22. The number of thioether (sulfide) groups is 1. The molecule has 1 unspecified atom stereocenters. The van der Waals surface area contributed by atoms with Crippen molar-refractivity contribution < 1.29 is 13.2 Å². The molecule has 1 atom stereocenters. The Labute approximate surface area is 225 Å². The van der Waals surface area contributed by atoms with Crippen LogP contribution in [-0.2, 0) is 14.8 Å². The van der Waals surface area contributed by atoms with E-state index in [1.54, 1.807) is 32.0 Å². The van der Waals surface area contributed by atoms with E-state index in [1.165, 1.54) is 42.2 Å². The Morgan fingerprint density at radius 1 is 0.974 bits per heavy atom. The van der Waals surface area contributed by atoms with Crippen molar-refractivity contribution in [1.29, 1.82) is 5.26 Å². The molecule has 0 saturated heterocycles. The summed E-state index contributed by atoms with van der Waals surface area (Å²) in [6.45, 7) is 5.45. The first-order chi connectivity index (χ1) is 18.1. The van der Waals surface area contributed by atoms with E-state index in [0.717, 1.165) is 11.1 Å². The Kier molecular flexibility index (Phi) is 8.05. The first-order valence-corrected chi connectivity index (χ1v) is 13.9. The molecule has 2 aromatic heterocycles. The van der Waals surface area contributed by atoms with Crippen LogP contribution in [0.1, 0.15) is 23.7 Å². The smallest absolute Gasteiger partial charge is 0.264 e. The zero-order valence-electron chi connectivity index (χ0n) is 20.8. The van der Waals surface area contributed by atoms with Gasteiger partial charge in [-0.1, -0.05) is 41.6 Å². The highest BCUT2D eigenvalue weighted by atomic mass is 32.2. The van der Waals surface area contributed by atoms with Crippen molar-refractivity contribution in [3.05, 3.63) is 89.7 Å². The fraction of sp³-hybridized carbons (Fsp3) is 0.148. The summed E-state index contributed by atoms with van der Waals surface area (Å²) in [5.41, 5.74) is 4.18. The van der Waals surface area contributed by atoms with E-state index >= 15 is 0 Å². The summed E-state index contributed by atoms with van der Waals surface area (Å²) in [5.74, 6) is -0.339. The van der Waals surface area contributed by atoms with E-state index < -0.39 is 15.3 Å². The Balaban J connectivity index is 1.44. The molecule has 1 amide bonds. The SMILES string of the molecule is Cc1ccc(-c2ccc(C#N)c(SC(C)C(=O)Nc3ccc(S(=O)(=O)Nc4nccc(C)n4)cc3)n2)cc1. The van der Waals surface area contributed by atoms with Crippen LogP contribution in [0.3, 0.4) is 0 Å². The molecule has 0 saturated carbocycles. The van der Waals surface area contributed by atoms with Gasteiger partial charge in [0.15, 0.2) is 0 Å². The highest BCUT2D eigenvalue weighted by molar-refractivity contribution is 8.00. The molecule has 2 heterocycles. The number of nitriles is 1. The van der Waals surface area contributed by atoms with Gasteiger partial charge in [0.25, 0.3) is 10.0 Å². The Bertz CT molecular complexity index is 1620. The third-order valence-corrected chi connectivity index (χ3v) is 7.88. The molecule has 0 fully saturated rings. The number of benzene rings is 2. The van der Waals surface area contributed by atoms with Crippen LogP contribution in [-0.4, -0.2) is 34.5 Å². The van der Waals surface area contributed by atoms with Crippen LogP contribution in [0.4, 0.5) is 11.6 Å². The lowest BCUT2D eigenvalue weighted by molar-refractivity contribution is -0.115. The zero-order valence-corrected chi connectivity index (χ0v) is 22.5. The summed E-state index contributed by atoms with van der Waals surface area (Å²) in [6.07, 6.45) is 1.46. The molecular formula is C27H24N6O3S2. The van der Waals surface area contributed by atoms with Crippen molar-refractivity contribution in [3.8, 4) is 17.3 Å². The maximum atomic E-state index is 12.9. The molecule has 38 heavy (non-hydrogen) atoms. The third-order valence-electron chi connectivity index (χ3n) is 5.44. The molecule has 0 bridgehead atoms. The fourth-order valence-electron chi connectivity index (χ4n) is 3.36. The van der Waals surface area contributed by atoms with Crippen molar-refractivity contribution in [2.45, 2.75) is 35.9 Å². The Morgan fingerprint density at radius 2 is 1.68 bits per heavy atom. The molecule has 11 heteroatoms. The van der Waals surface area contributed by atoms with Gasteiger partial charge in [-0.25, -0.2) is 28.1 Å². The summed E-state index contributed by atoms with van der Waals surface area (Å²) in [4.78, 5) is 25.5. The van der Waals surface area contributed by atoms with Crippen molar-refractivity contribution in [1.82, 2.24) is 15.0 Å². The molecule has 4 rings (SSSR count). The molecule has 4 aromatic rings. The largest absolute Gasteiger partial charge is 0.325 e. The van der Waals surface area contributed by atoms with E-state index in [-0.39, 0.29) is 16.8 Å². The highest BCUT2D eigenvalue weighted by Gasteiger charge is 2.20. The van der Waals surface area contributed by atoms with Crippen molar-refractivity contribution in [3.63, 3.8) is 0 Å². The van der Waals surface area contributed by atoms with Crippen LogP contribution in [0.2, 0.25) is 0 Å². The van der Waals surface area contributed by atoms with Gasteiger partial charge in [-0.3, -0.25) is 4.79 Å². The van der Waals surface area contributed by atoms with E-state index in [0.29, 0.717) is 27.7 Å². The van der Waals surface area contributed by atoms with Gasteiger partial charge in [0.1, 0.15) is 11.1 Å². The van der Waals surface area contributed by atoms with E-state index in [2.05, 4.69) is 31.1 Å². The lowest BCUT2D eigenvalue weighted by Gasteiger charge is -2.14. The molecule has 0 aliphatic heterocycles. The fourth-order valence-corrected chi connectivity index (χ4v) is 5.20. The predicted molar refractivity (Wildman–Crippen MR) is 147 cm³/mol. The first-order valence-electron chi connectivity index (χ1n) is 11.5. The summed E-state index contributed by atoms with van der Waals surface area (Å²) >= 11 is 1.18. The number of pyridine rings is 1. The van der Waals surface area contributed by atoms with Crippen molar-refractivity contribution >= 4 is 39.3 Å². The maximum Gasteiger partial charge on any atom is 0.264 e. The van der Waals surface area contributed by atoms with Gasteiger partial charge in [-0.2, -0.15) is 5.26 Å². The molecular weight excluding hydrogens is 520 g/mol. The number of carbonyl (C=O) groups excluding carboxylic acids is 1. The number of carbonyl (C=O) groups is 1. The third kappa shape index (κ3) is 6.53. The minimum Gasteiger partial charge on any atom is -0.325 e. The average Bonchev–Trinajstić information content (AvgIpc) is 2.89. The van der Waals surface area contributed by atoms with E-state index in [9.17, 15) is 18.5 Å². The normalized spacial score (nSPS) is 11.8. The zero-order chi connectivity index (χ0) is 27.3. The van der Waals surface area contributed by atoms with Crippen LogP contribution in [0.5, 0.6) is 0 Å². The highest BCUT2D eigenvalue weighted by Crippen LogP contribution is 2.29. The quantitative estimate of drug-likeness (QED) is 0.297. The number of rotatable bonds is 8. The second-order valence-corrected chi connectivity index (χ2v) is 11.4. The minimum atomic E-state index is -3.90. The van der Waals surface area contributed by atoms with Gasteiger partial charge in [0.05, 0.1) is 21.4 Å². The molecule has 9 nitrogen and oxygen atoms in total. The number of hydrogen-bond acceptors (Lipinski definition) is 8. The van der Waals surface area contributed by atoms with Crippen LogP contribution in [0, 0.1) is 25.2 Å². The van der Waals surface area contributed by atoms with Gasteiger partial charge in [0, 0.05) is 23.1 Å². The number of nitrogens with zero attached hydrogens (tertiary/aromatic N) is 4. The number of nitrogens with one attached hydrogen (secondary N) is 2. The maximum absolute atomic E-state index is 12.9. The van der Waals surface area contributed by atoms with Crippen LogP contribution in [0.15, 0.2) is 82.8 Å². The minimum absolute atomic E-state index is 0.00110. The predicted octanol–water partition coefficient (Wildman–Crippen LogP) is 4.95. The number of amides is 1. The van der Waals surface area contributed by atoms with Gasteiger partial charge < -0.3 is 5.32 Å². The second-order valence-electron chi connectivity index (χ2n) is 8.43. The molecule has 2 N–H and O–H groups in total. The van der Waals surface area contributed by atoms with Gasteiger partial charge in [-0.15, -0.1) is 0 Å². The molecule has 192 valence electrons. The molecule has 0 radical (unpaired) electrons. The summed E-state index contributed by atoms with van der Waals surface area (Å²) in [5, 5.41) is 12.2. The van der Waals surface area contributed by atoms with Gasteiger partial charge in [0.2, 0.25) is 11.9 Å². The molecule has 0 aliphatic rings. The van der Waals surface area contributed by atoms with Crippen LogP contribution in [0.25, 0.3) is 11.3 Å². The monoisotopic (exact) mass is 544 g/mol. The number of anilines is 2. The van der Waals surface area contributed by atoms with E-state index in [4.69, 9.17) is 0 Å². The van der Waals surface area contributed by atoms with Gasteiger partial charge in [-0.05, 0) is 63.2 Å². The summed E-state index contributed by atoms with van der Waals surface area (Å²) in [7, 11) is -3.90. The van der Waals surface area contributed by atoms with Crippen molar-refractivity contribution in [2.24, 2.45) is 0 Å². The first kappa shape index (κ1) is 26.8. The van der Waals surface area contributed by atoms with E-state index in [1.807, 2.05) is 31.2 Å². The summed E-state index contributed by atoms with van der Waals surface area (Å²) < 4.78 is 27.6. The van der Waals surface area contributed by atoms with Crippen molar-refractivity contribution in [2.75, 3.05) is 10.0 Å². The van der Waals surface area contributed by atoms with Crippen LogP contribution < -0.4 is 10.0 Å². The number of aryl methyl sites for hydroxylation is 2.